The number of rotatable bonds is 5. The molecule has 0 atom stereocenters. The Morgan fingerprint density at radius 2 is 1.76 bits per heavy atom. The number of nitrogens with one attached hydrogen (secondary N) is 2. The highest BCUT2D eigenvalue weighted by Gasteiger charge is 2.30. The Kier molecular flexibility index (Phi) is 6.13. The normalized spacial score (nSPS) is 11.3. The Morgan fingerprint density at radius 3 is 2.36 bits per heavy atom. The van der Waals surface area contributed by atoms with Crippen LogP contribution in [0.4, 0.5) is 27.6 Å². The summed E-state index contributed by atoms with van der Waals surface area (Å²) in [5.41, 5.74) is 0.151. The van der Waals surface area contributed by atoms with Crippen molar-refractivity contribution in [3.8, 4) is 5.75 Å². The second-order valence-electron chi connectivity index (χ2n) is 4.91. The van der Waals surface area contributed by atoms with E-state index in [9.17, 15) is 22.0 Å². The van der Waals surface area contributed by atoms with Crippen LogP contribution in [0.25, 0.3) is 0 Å². The first kappa shape index (κ1) is 18.9. The lowest BCUT2D eigenvalue weighted by Crippen LogP contribution is -2.28. The van der Waals surface area contributed by atoms with Gasteiger partial charge in [-0.1, -0.05) is 18.2 Å². The number of hydrogen-bond acceptors (Lipinski definition) is 2. The zero-order chi connectivity index (χ0) is 18.4. The third kappa shape index (κ3) is 6.18. The summed E-state index contributed by atoms with van der Waals surface area (Å²) in [6, 6.07) is 10.5. The zero-order valence-electron chi connectivity index (χ0n) is 12.6. The van der Waals surface area contributed by atoms with E-state index in [1.54, 1.807) is 12.1 Å². The average molecular weight is 376 g/mol. The second-order valence-corrected chi connectivity index (χ2v) is 5.32. The largest absolute Gasteiger partial charge is 0.435 e. The van der Waals surface area contributed by atoms with Crippen LogP contribution >= 0.6 is 12.2 Å². The smallest absolute Gasteiger partial charge is 0.416 e. The molecule has 0 saturated heterocycles. The fourth-order valence-electron chi connectivity index (χ4n) is 1.92. The molecule has 0 amide bonds. The van der Waals surface area contributed by atoms with Crippen LogP contribution in [0.1, 0.15) is 11.1 Å². The number of alkyl halides is 5. The standard InChI is InChI=1S/C16H13F5N2OS/c17-14(18)24-13-6-4-10(5-7-13)9-22-15(25)23-12-3-1-2-11(8-12)16(19,20)21/h1-8,14H,9H2,(H2,22,23,25). The molecule has 9 heteroatoms. The molecule has 0 aromatic heterocycles. The summed E-state index contributed by atoms with van der Waals surface area (Å²) >= 11 is 5.03. The molecule has 0 spiro atoms. The van der Waals surface area contributed by atoms with Gasteiger partial charge in [0.15, 0.2) is 5.11 Å². The van der Waals surface area contributed by atoms with Crippen LogP contribution in [0.15, 0.2) is 48.5 Å². The van der Waals surface area contributed by atoms with Crippen LogP contribution in [0.5, 0.6) is 5.75 Å². The lowest BCUT2D eigenvalue weighted by molar-refractivity contribution is -0.137. The summed E-state index contributed by atoms with van der Waals surface area (Å²) in [6.07, 6.45) is -4.44. The first-order valence-corrected chi connectivity index (χ1v) is 7.41. The molecule has 0 aliphatic rings. The molecule has 0 heterocycles. The van der Waals surface area contributed by atoms with E-state index in [4.69, 9.17) is 12.2 Å². The highest BCUT2D eigenvalue weighted by molar-refractivity contribution is 7.80. The summed E-state index contributed by atoms with van der Waals surface area (Å²) in [5, 5.41) is 5.61. The molecular formula is C16H13F5N2OS. The van der Waals surface area contributed by atoms with Crippen LogP contribution in [0, 0.1) is 0 Å². The van der Waals surface area contributed by atoms with Gasteiger partial charge in [0.25, 0.3) is 0 Å². The minimum atomic E-state index is -4.44. The molecule has 0 fully saturated rings. The average Bonchev–Trinajstić information content (AvgIpc) is 2.53. The van der Waals surface area contributed by atoms with E-state index < -0.39 is 18.4 Å². The van der Waals surface area contributed by atoms with Gasteiger partial charge in [0.05, 0.1) is 5.56 Å². The van der Waals surface area contributed by atoms with E-state index in [1.165, 1.54) is 24.3 Å². The molecular weight excluding hydrogens is 363 g/mol. The molecule has 2 N–H and O–H groups in total. The van der Waals surface area contributed by atoms with Gasteiger partial charge >= 0.3 is 12.8 Å². The minimum absolute atomic E-state index is 0.0309. The predicted octanol–water partition coefficient (Wildman–Crippen LogP) is 4.79. The molecule has 25 heavy (non-hydrogen) atoms. The Balaban J connectivity index is 1.88. The van der Waals surface area contributed by atoms with Crippen molar-refractivity contribution in [1.29, 1.82) is 0 Å². The van der Waals surface area contributed by atoms with Gasteiger partial charge < -0.3 is 15.4 Å². The van der Waals surface area contributed by atoms with Crippen LogP contribution in [-0.2, 0) is 12.7 Å². The van der Waals surface area contributed by atoms with Crippen LogP contribution in [0.2, 0.25) is 0 Å². The molecule has 0 saturated carbocycles. The van der Waals surface area contributed by atoms with Crippen molar-refractivity contribution in [3.63, 3.8) is 0 Å². The van der Waals surface area contributed by atoms with Crippen molar-refractivity contribution in [1.82, 2.24) is 5.32 Å². The Bertz CT molecular complexity index is 719. The van der Waals surface area contributed by atoms with Gasteiger partial charge in [-0.15, -0.1) is 0 Å². The second kappa shape index (κ2) is 8.11. The third-order valence-electron chi connectivity index (χ3n) is 3.05. The van der Waals surface area contributed by atoms with Crippen LogP contribution in [-0.4, -0.2) is 11.7 Å². The Morgan fingerprint density at radius 1 is 1.08 bits per heavy atom. The van der Waals surface area contributed by atoms with Crippen molar-refractivity contribution in [2.45, 2.75) is 19.3 Å². The van der Waals surface area contributed by atoms with E-state index in [2.05, 4.69) is 15.4 Å². The van der Waals surface area contributed by atoms with E-state index in [-0.39, 0.29) is 23.1 Å². The molecule has 0 radical (unpaired) electrons. The maximum Gasteiger partial charge on any atom is 0.416 e. The number of hydrogen-bond donors (Lipinski definition) is 2. The summed E-state index contributed by atoms with van der Waals surface area (Å²) in [4.78, 5) is 0. The highest BCUT2D eigenvalue weighted by atomic mass is 32.1. The maximum atomic E-state index is 12.7. The number of thiocarbonyl (C=S) groups is 1. The van der Waals surface area contributed by atoms with Crippen molar-refractivity contribution in [3.05, 3.63) is 59.7 Å². The molecule has 134 valence electrons. The summed E-state index contributed by atoms with van der Waals surface area (Å²) in [7, 11) is 0. The fraction of sp³-hybridized carbons (Fsp3) is 0.188. The van der Waals surface area contributed by atoms with E-state index in [1.807, 2.05) is 0 Å². The van der Waals surface area contributed by atoms with E-state index in [0.29, 0.717) is 0 Å². The van der Waals surface area contributed by atoms with Crippen LogP contribution < -0.4 is 15.4 Å². The summed E-state index contributed by atoms with van der Waals surface area (Å²) < 4.78 is 66.3. The van der Waals surface area contributed by atoms with Crippen molar-refractivity contribution < 1.29 is 26.7 Å². The molecule has 0 unspecified atom stereocenters. The summed E-state index contributed by atoms with van der Waals surface area (Å²) in [5.74, 6) is 0.0309. The number of anilines is 1. The molecule has 0 aliphatic carbocycles. The molecule has 2 rings (SSSR count). The molecule has 0 aliphatic heterocycles. The first-order valence-electron chi connectivity index (χ1n) is 7.00. The van der Waals surface area contributed by atoms with Gasteiger partial charge in [0.2, 0.25) is 0 Å². The minimum Gasteiger partial charge on any atom is -0.435 e. The van der Waals surface area contributed by atoms with Gasteiger partial charge in [0, 0.05) is 12.2 Å². The maximum absolute atomic E-state index is 12.7. The number of ether oxygens (including phenoxy) is 1. The van der Waals surface area contributed by atoms with E-state index >= 15 is 0 Å². The van der Waals surface area contributed by atoms with Crippen molar-refractivity contribution >= 4 is 23.0 Å². The quantitative estimate of drug-likeness (QED) is 0.581. The van der Waals surface area contributed by atoms with Gasteiger partial charge in [-0.3, -0.25) is 0 Å². The topological polar surface area (TPSA) is 33.3 Å². The van der Waals surface area contributed by atoms with Gasteiger partial charge in [-0.2, -0.15) is 22.0 Å². The lowest BCUT2D eigenvalue weighted by Gasteiger charge is -2.13. The third-order valence-corrected chi connectivity index (χ3v) is 3.30. The van der Waals surface area contributed by atoms with Gasteiger partial charge in [0.1, 0.15) is 5.75 Å². The van der Waals surface area contributed by atoms with Crippen molar-refractivity contribution in [2.24, 2.45) is 0 Å². The SMILES string of the molecule is FC(F)Oc1ccc(CNC(=S)Nc2cccc(C(F)(F)F)c2)cc1. The van der Waals surface area contributed by atoms with Crippen LogP contribution in [0.3, 0.4) is 0 Å². The van der Waals surface area contributed by atoms with Gasteiger partial charge in [-0.05, 0) is 48.1 Å². The number of benzene rings is 2. The molecule has 0 bridgehead atoms. The Labute approximate surface area is 145 Å². The zero-order valence-corrected chi connectivity index (χ0v) is 13.4. The van der Waals surface area contributed by atoms with Crippen molar-refractivity contribution in [2.75, 3.05) is 5.32 Å². The Hall–Kier alpha value is -2.42. The highest BCUT2D eigenvalue weighted by Crippen LogP contribution is 2.30. The number of halogens is 5. The summed E-state index contributed by atoms with van der Waals surface area (Å²) in [6.45, 7) is -2.63. The first-order chi connectivity index (χ1) is 11.7. The molecule has 2 aromatic rings. The van der Waals surface area contributed by atoms with Gasteiger partial charge in [-0.25, -0.2) is 0 Å². The monoisotopic (exact) mass is 376 g/mol. The lowest BCUT2D eigenvalue weighted by atomic mass is 10.2. The molecule has 3 nitrogen and oxygen atoms in total. The van der Waals surface area contributed by atoms with E-state index in [0.717, 1.165) is 17.7 Å². The molecule has 2 aromatic carbocycles. The fourth-order valence-corrected chi connectivity index (χ4v) is 2.11. The predicted molar refractivity (Wildman–Crippen MR) is 87.6 cm³/mol.